The highest BCUT2D eigenvalue weighted by Gasteiger charge is 2.16. The molecule has 0 saturated carbocycles. The van der Waals surface area contributed by atoms with Gasteiger partial charge in [-0.05, 0) is 43.4 Å². The monoisotopic (exact) mass is 213 g/mol. The highest BCUT2D eigenvalue weighted by molar-refractivity contribution is 5.30. The minimum Gasteiger partial charge on any atom is -0.314 e. The van der Waals surface area contributed by atoms with E-state index in [0.29, 0.717) is 6.04 Å². The Bertz CT molecular complexity index is 375. The summed E-state index contributed by atoms with van der Waals surface area (Å²) in [5.74, 6) is 2.68. The topological polar surface area (TPSA) is 12.0 Å². The van der Waals surface area contributed by atoms with Crippen molar-refractivity contribution >= 4 is 0 Å². The minimum atomic E-state index is 0.646. The zero-order chi connectivity index (χ0) is 11.2. The van der Waals surface area contributed by atoms with E-state index < -0.39 is 0 Å². The molecule has 0 aromatic heterocycles. The van der Waals surface area contributed by atoms with Crippen LogP contribution < -0.4 is 5.32 Å². The summed E-state index contributed by atoms with van der Waals surface area (Å²) in [7, 11) is 0. The third kappa shape index (κ3) is 2.87. The van der Waals surface area contributed by atoms with Crippen LogP contribution in [0.5, 0.6) is 0 Å². The quantitative estimate of drug-likeness (QED) is 0.598. The van der Waals surface area contributed by atoms with Gasteiger partial charge in [0.1, 0.15) is 0 Å². The summed E-state index contributed by atoms with van der Waals surface area (Å²) in [5.41, 5.74) is 3.05. The van der Waals surface area contributed by atoms with E-state index in [4.69, 9.17) is 6.42 Å². The number of fused-ring (bicyclic) bond motifs is 1. The van der Waals surface area contributed by atoms with Gasteiger partial charge < -0.3 is 5.32 Å². The summed E-state index contributed by atoms with van der Waals surface area (Å²) in [6.45, 7) is 1.05. The Morgan fingerprint density at radius 3 is 2.94 bits per heavy atom. The van der Waals surface area contributed by atoms with Crippen molar-refractivity contribution < 1.29 is 0 Å². The molecule has 1 heteroatoms. The number of nitrogens with one attached hydrogen (secondary N) is 1. The molecule has 1 atom stereocenters. The van der Waals surface area contributed by atoms with Gasteiger partial charge in [0.05, 0.1) is 0 Å². The molecule has 1 N–H and O–H groups in total. The van der Waals surface area contributed by atoms with Gasteiger partial charge in [0.15, 0.2) is 0 Å². The average molecular weight is 213 g/mol. The predicted molar refractivity (Wildman–Crippen MR) is 68.3 cm³/mol. The first kappa shape index (κ1) is 11.2. The highest BCUT2D eigenvalue weighted by atomic mass is 14.9. The molecule has 0 radical (unpaired) electrons. The highest BCUT2D eigenvalue weighted by Crippen LogP contribution is 2.20. The van der Waals surface area contributed by atoms with Crippen LogP contribution in [0.15, 0.2) is 24.3 Å². The summed E-state index contributed by atoms with van der Waals surface area (Å²) >= 11 is 0. The molecule has 16 heavy (non-hydrogen) atoms. The van der Waals surface area contributed by atoms with Crippen molar-refractivity contribution in [3.8, 4) is 12.3 Å². The normalized spacial score (nSPS) is 18.8. The maximum Gasteiger partial charge on any atom is 0.0111 e. The van der Waals surface area contributed by atoms with Crippen LogP contribution in [-0.2, 0) is 12.8 Å². The van der Waals surface area contributed by atoms with Gasteiger partial charge in [-0.1, -0.05) is 24.3 Å². The molecule has 1 aromatic carbocycles. The predicted octanol–water partition coefficient (Wildman–Crippen LogP) is 2.55. The van der Waals surface area contributed by atoms with Crippen molar-refractivity contribution in [2.75, 3.05) is 6.54 Å². The molecule has 1 aliphatic rings. The molecule has 1 aliphatic carbocycles. The van der Waals surface area contributed by atoms with Crippen molar-refractivity contribution in [1.82, 2.24) is 5.32 Å². The maximum atomic E-state index is 5.23. The zero-order valence-electron chi connectivity index (χ0n) is 9.71. The molecule has 0 aliphatic heterocycles. The van der Waals surface area contributed by atoms with Gasteiger partial charge in [-0.3, -0.25) is 0 Å². The molecule has 0 spiro atoms. The van der Waals surface area contributed by atoms with E-state index in [-0.39, 0.29) is 0 Å². The van der Waals surface area contributed by atoms with Crippen LogP contribution in [-0.4, -0.2) is 12.6 Å². The number of hydrogen-bond donors (Lipinski definition) is 1. The number of rotatable bonds is 4. The van der Waals surface area contributed by atoms with Gasteiger partial charge in [-0.2, -0.15) is 0 Å². The molecule has 0 fully saturated rings. The number of terminal acetylenes is 1. The van der Waals surface area contributed by atoms with Crippen LogP contribution in [0.4, 0.5) is 0 Å². The molecule has 0 heterocycles. The molecule has 2 rings (SSSR count). The Kier molecular flexibility index (Phi) is 4.02. The van der Waals surface area contributed by atoms with E-state index in [2.05, 4.69) is 35.5 Å². The second kappa shape index (κ2) is 5.72. The standard InChI is InChI=1S/C15H19N/c1-2-3-6-11-16-15-10-9-13-7-4-5-8-14(13)12-15/h1,4-5,7-8,15-16H,3,6,9-12H2. The fourth-order valence-electron chi connectivity index (χ4n) is 2.37. The van der Waals surface area contributed by atoms with E-state index in [1.165, 1.54) is 30.4 Å². The van der Waals surface area contributed by atoms with Crippen LogP contribution in [0.25, 0.3) is 0 Å². The molecule has 84 valence electrons. The van der Waals surface area contributed by atoms with Gasteiger partial charge in [0, 0.05) is 12.5 Å². The zero-order valence-corrected chi connectivity index (χ0v) is 9.71. The minimum absolute atomic E-state index is 0.646. The third-order valence-corrected chi connectivity index (χ3v) is 3.28. The van der Waals surface area contributed by atoms with E-state index in [1.54, 1.807) is 0 Å². The molecule has 0 bridgehead atoms. The first-order valence-corrected chi connectivity index (χ1v) is 6.14. The van der Waals surface area contributed by atoms with Crippen molar-refractivity contribution in [3.05, 3.63) is 35.4 Å². The third-order valence-electron chi connectivity index (χ3n) is 3.28. The van der Waals surface area contributed by atoms with Gasteiger partial charge in [0.25, 0.3) is 0 Å². The Balaban J connectivity index is 1.82. The van der Waals surface area contributed by atoms with Crippen LogP contribution in [0.2, 0.25) is 0 Å². The van der Waals surface area contributed by atoms with Gasteiger partial charge >= 0.3 is 0 Å². The first-order valence-electron chi connectivity index (χ1n) is 6.14. The van der Waals surface area contributed by atoms with E-state index in [1.807, 2.05) is 0 Å². The fraction of sp³-hybridized carbons (Fsp3) is 0.467. The number of hydrogen-bond acceptors (Lipinski definition) is 1. The van der Waals surface area contributed by atoms with Crippen molar-refractivity contribution in [3.63, 3.8) is 0 Å². The van der Waals surface area contributed by atoms with Crippen LogP contribution in [0, 0.1) is 12.3 Å². The summed E-state index contributed by atoms with van der Waals surface area (Å²) in [6, 6.07) is 9.43. The molecule has 0 amide bonds. The summed E-state index contributed by atoms with van der Waals surface area (Å²) in [5, 5.41) is 3.60. The Hall–Kier alpha value is -1.26. The van der Waals surface area contributed by atoms with Crippen LogP contribution >= 0.6 is 0 Å². The number of aryl methyl sites for hydroxylation is 1. The molecule has 1 aromatic rings. The molecule has 1 unspecified atom stereocenters. The Morgan fingerprint density at radius 2 is 2.12 bits per heavy atom. The van der Waals surface area contributed by atoms with Gasteiger partial charge in [-0.25, -0.2) is 0 Å². The average Bonchev–Trinajstić information content (AvgIpc) is 2.34. The molecule has 0 saturated heterocycles. The first-order chi connectivity index (χ1) is 7.90. The van der Waals surface area contributed by atoms with Crippen molar-refractivity contribution in [2.45, 2.75) is 38.1 Å². The second-order valence-electron chi connectivity index (χ2n) is 4.47. The maximum absolute atomic E-state index is 5.23. The van der Waals surface area contributed by atoms with Gasteiger partial charge in [0.2, 0.25) is 0 Å². The van der Waals surface area contributed by atoms with Crippen molar-refractivity contribution in [1.29, 1.82) is 0 Å². The lowest BCUT2D eigenvalue weighted by molar-refractivity contribution is 0.456. The van der Waals surface area contributed by atoms with Crippen LogP contribution in [0.1, 0.15) is 30.4 Å². The largest absolute Gasteiger partial charge is 0.314 e. The molecular formula is C15H19N. The lowest BCUT2D eigenvalue weighted by Gasteiger charge is -2.25. The fourth-order valence-corrected chi connectivity index (χ4v) is 2.37. The van der Waals surface area contributed by atoms with Gasteiger partial charge in [-0.15, -0.1) is 12.3 Å². The Morgan fingerprint density at radius 1 is 1.31 bits per heavy atom. The second-order valence-corrected chi connectivity index (χ2v) is 4.47. The lowest BCUT2D eigenvalue weighted by Crippen LogP contribution is -2.35. The molecule has 1 nitrogen and oxygen atoms in total. The summed E-state index contributed by atoms with van der Waals surface area (Å²) < 4.78 is 0. The Labute approximate surface area is 98.3 Å². The lowest BCUT2D eigenvalue weighted by atomic mass is 9.88. The van der Waals surface area contributed by atoms with E-state index >= 15 is 0 Å². The summed E-state index contributed by atoms with van der Waals surface area (Å²) in [4.78, 5) is 0. The summed E-state index contributed by atoms with van der Waals surface area (Å²) in [6.07, 6.45) is 10.9. The smallest absolute Gasteiger partial charge is 0.0111 e. The van der Waals surface area contributed by atoms with Crippen LogP contribution in [0.3, 0.4) is 0 Å². The van der Waals surface area contributed by atoms with E-state index in [0.717, 1.165) is 19.4 Å². The van der Waals surface area contributed by atoms with Crippen molar-refractivity contribution in [2.24, 2.45) is 0 Å². The number of benzene rings is 1. The SMILES string of the molecule is C#CCCCNC1CCc2ccccc2C1. The number of unbranched alkanes of at least 4 members (excludes halogenated alkanes) is 1. The molecular weight excluding hydrogens is 194 g/mol. The van der Waals surface area contributed by atoms with E-state index in [9.17, 15) is 0 Å².